The van der Waals surface area contributed by atoms with Gasteiger partial charge in [-0.2, -0.15) is 0 Å². The molecule has 0 bridgehead atoms. The molecular weight excluding hydrogens is 298 g/mol. The van der Waals surface area contributed by atoms with Crippen LogP contribution >= 0.6 is 0 Å². The molecule has 0 aromatic heterocycles. The zero-order valence-electron chi connectivity index (χ0n) is 12.6. The largest absolute Gasteiger partial charge is 0.493 e. The molecule has 0 aliphatic heterocycles. The summed E-state index contributed by atoms with van der Waals surface area (Å²) in [5.41, 5.74) is -0.932. The Morgan fingerprint density at radius 2 is 1.76 bits per heavy atom. The predicted molar refractivity (Wildman–Crippen MR) is 76.6 cm³/mol. The molecule has 0 radical (unpaired) electrons. The van der Waals surface area contributed by atoms with Crippen molar-refractivity contribution in [3.05, 3.63) is 17.7 Å². The molecule has 0 fully saturated rings. The van der Waals surface area contributed by atoms with E-state index in [0.29, 0.717) is 0 Å². The zero-order valence-corrected chi connectivity index (χ0v) is 13.4. The monoisotopic (exact) mass is 317 g/mol. The number of benzene rings is 1. The van der Waals surface area contributed by atoms with Crippen LogP contribution in [0.25, 0.3) is 0 Å². The SMILES string of the molecule is COc1cc(C(=O)O)cc(S(=O)(=O)NC(C)(C)C)c1OC. The van der Waals surface area contributed by atoms with Gasteiger partial charge in [-0.05, 0) is 32.9 Å². The fourth-order valence-electron chi connectivity index (χ4n) is 1.71. The second-order valence-electron chi connectivity index (χ2n) is 5.37. The number of hydrogen-bond donors (Lipinski definition) is 2. The molecule has 0 heterocycles. The third-order valence-corrected chi connectivity index (χ3v) is 4.19. The van der Waals surface area contributed by atoms with Crippen molar-refractivity contribution in [3.8, 4) is 11.5 Å². The summed E-state index contributed by atoms with van der Waals surface area (Å²) in [5.74, 6) is -1.27. The van der Waals surface area contributed by atoms with Crippen molar-refractivity contribution in [1.82, 2.24) is 4.72 Å². The van der Waals surface area contributed by atoms with Gasteiger partial charge in [-0.1, -0.05) is 0 Å². The molecular formula is C13H19NO6S. The van der Waals surface area contributed by atoms with Crippen molar-refractivity contribution in [2.24, 2.45) is 0 Å². The second kappa shape index (κ2) is 5.90. The van der Waals surface area contributed by atoms with Crippen LogP contribution in [0.4, 0.5) is 0 Å². The topological polar surface area (TPSA) is 102 Å². The van der Waals surface area contributed by atoms with Crippen molar-refractivity contribution in [2.45, 2.75) is 31.2 Å². The molecule has 0 spiro atoms. The summed E-state index contributed by atoms with van der Waals surface area (Å²) in [5, 5.41) is 9.08. The second-order valence-corrected chi connectivity index (χ2v) is 7.02. The number of ether oxygens (including phenoxy) is 2. The predicted octanol–water partition coefficient (Wildman–Crippen LogP) is 1.48. The molecule has 7 nitrogen and oxygen atoms in total. The van der Waals surface area contributed by atoms with Crippen molar-refractivity contribution in [1.29, 1.82) is 0 Å². The lowest BCUT2D eigenvalue weighted by molar-refractivity contribution is 0.0696. The average Bonchev–Trinajstić information content (AvgIpc) is 2.33. The van der Waals surface area contributed by atoms with Gasteiger partial charge in [0, 0.05) is 5.54 Å². The van der Waals surface area contributed by atoms with Gasteiger partial charge in [-0.3, -0.25) is 0 Å². The van der Waals surface area contributed by atoms with Crippen LogP contribution in [0.2, 0.25) is 0 Å². The van der Waals surface area contributed by atoms with E-state index in [9.17, 15) is 13.2 Å². The number of methoxy groups -OCH3 is 2. The Labute approximate surface area is 123 Å². The molecule has 1 aromatic rings. The van der Waals surface area contributed by atoms with Gasteiger partial charge in [0.05, 0.1) is 19.8 Å². The molecule has 0 saturated heterocycles. The first-order valence-electron chi connectivity index (χ1n) is 6.05. The van der Waals surface area contributed by atoms with Crippen molar-refractivity contribution in [3.63, 3.8) is 0 Å². The van der Waals surface area contributed by atoms with Crippen LogP contribution in [0, 0.1) is 0 Å². The Hall–Kier alpha value is -1.80. The summed E-state index contributed by atoms with van der Waals surface area (Å²) in [6, 6.07) is 2.25. The molecule has 118 valence electrons. The molecule has 0 aliphatic rings. The van der Waals surface area contributed by atoms with E-state index in [4.69, 9.17) is 14.6 Å². The maximum Gasteiger partial charge on any atom is 0.335 e. The fourth-order valence-corrected chi connectivity index (χ4v) is 3.34. The number of sulfonamides is 1. The number of aromatic carboxylic acids is 1. The minimum absolute atomic E-state index is 0.0340. The van der Waals surface area contributed by atoms with E-state index in [1.54, 1.807) is 20.8 Å². The average molecular weight is 317 g/mol. The number of carboxylic acid groups (broad SMARTS) is 1. The normalized spacial score (nSPS) is 12.0. The van der Waals surface area contributed by atoms with Crippen LogP contribution in [0.5, 0.6) is 11.5 Å². The zero-order chi connectivity index (χ0) is 16.4. The first kappa shape index (κ1) is 17.3. The highest BCUT2D eigenvalue weighted by atomic mass is 32.2. The molecule has 8 heteroatoms. The number of carboxylic acids is 1. The highest BCUT2D eigenvalue weighted by Crippen LogP contribution is 2.36. The van der Waals surface area contributed by atoms with Crippen LogP contribution in [-0.4, -0.2) is 39.3 Å². The van der Waals surface area contributed by atoms with E-state index in [1.165, 1.54) is 20.3 Å². The molecule has 0 unspecified atom stereocenters. The quantitative estimate of drug-likeness (QED) is 0.853. The Bertz CT molecular complexity index is 645. The van der Waals surface area contributed by atoms with E-state index in [-0.39, 0.29) is 22.0 Å². The van der Waals surface area contributed by atoms with Gasteiger partial charge in [0.15, 0.2) is 11.5 Å². The van der Waals surface area contributed by atoms with E-state index >= 15 is 0 Å². The van der Waals surface area contributed by atoms with E-state index in [1.807, 2.05) is 0 Å². The number of rotatable bonds is 5. The van der Waals surface area contributed by atoms with Gasteiger partial charge in [-0.25, -0.2) is 17.9 Å². The van der Waals surface area contributed by atoms with Crippen LogP contribution in [0.3, 0.4) is 0 Å². The first-order chi connectivity index (χ1) is 9.51. The van der Waals surface area contributed by atoms with Crippen molar-refractivity contribution in [2.75, 3.05) is 14.2 Å². The summed E-state index contributed by atoms with van der Waals surface area (Å²) in [6.45, 7) is 5.03. The summed E-state index contributed by atoms with van der Waals surface area (Å²) < 4.78 is 37.4. The highest BCUT2D eigenvalue weighted by molar-refractivity contribution is 7.89. The fraction of sp³-hybridized carbons (Fsp3) is 0.462. The molecule has 21 heavy (non-hydrogen) atoms. The lowest BCUT2D eigenvalue weighted by Gasteiger charge is -2.22. The lowest BCUT2D eigenvalue weighted by atomic mass is 10.1. The highest BCUT2D eigenvalue weighted by Gasteiger charge is 2.28. The van der Waals surface area contributed by atoms with Crippen LogP contribution in [0.1, 0.15) is 31.1 Å². The summed E-state index contributed by atoms with van der Waals surface area (Å²) in [4.78, 5) is 10.8. The Balaban J connectivity index is 3.59. The molecule has 0 saturated carbocycles. The van der Waals surface area contributed by atoms with Gasteiger partial charge in [0.2, 0.25) is 10.0 Å². The van der Waals surface area contributed by atoms with Crippen molar-refractivity contribution < 1.29 is 27.8 Å². The molecule has 2 N–H and O–H groups in total. The summed E-state index contributed by atoms with van der Waals surface area (Å²) >= 11 is 0. The number of carbonyl (C=O) groups is 1. The molecule has 1 aromatic carbocycles. The van der Waals surface area contributed by atoms with Gasteiger partial charge < -0.3 is 14.6 Å². The lowest BCUT2D eigenvalue weighted by Crippen LogP contribution is -2.40. The Kier molecular flexibility index (Phi) is 4.85. The van der Waals surface area contributed by atoms with Crippen LogP contribution in [-0.2, 0) is 10.0 Å². The minimum Gasteiger partial charge on any atom is -0.493 e. The molecule has 0 amide bonds. The van der Waals surface area contributed by atoms with Crippen LogP contribution in [0.15, 0.2) is 17.0 Å². The van der Waals surface area contributed by atoms with Gasteiger partial charge in [0.1, 0.15) is 4.90 Å². The third-order valence-electron chi connectivity index (χ3n) is 2.42. The first-order valence-corrected chi connectivity index (χ1v) is 7.53. The third kappa shape index (κ3) is 4.08. The molecule has 0 aliphatic carbocycles. The van der Waals surface area contributed by atoms with Gasteiger partial charge >= 0.3 is 5.97 Å². The van der Waals surface area contributed by atoms with Crippen LogP contribution < -0.4 is 14.2 Å². The maximum atomic E-state index is 12.4. The van der Waals surface area contributed by atoms with E-state index in [2.05, 4.69) is 4.72 Å². The van der Waals surface area contributed by atoms with Gasteiger partial charge in [0.25, 0.3) is 0 Å². The van der Waals surface area contributed by atoms with E-state index in [0.717, 1.165) is 6.07 Å². The Morgan fingerprint density at radius 3 is 2.14 bits per heavy atom. The summed E-state index contributed by atoms with van der Waals surface area (Å²) in [6.07, 6.45) is 0. The van der Waals surface area contributed by atoms with Gasteiger partial charge in [-0.15, -0.1) is 0 Å². The van der Waals surface area contributed by atoms with E-state index < -0.39 is 21.5 Å². The molecule has 1 rings (SSSR count). The standard InChI is InChI=1S/C13H19NO6S/c1-13(2,3)14-21(17,18)10-7-8(12(15)16)6-9(19-4)11(10)20-5/h6-7,14H,1-5H3,(H,15,16). The maximum absolute atomic E-state index is 12.4. The Morgan fingerprint density at radius 1 is 1.19 bits per heavy atom. The smallest absolute Gasteiger partial charge is 0.335 e. The summed E-state index contributed by atoms with van der Waals surface area (Å²) in [7, 11) is -1.38. The molecule has 0 atom stereocenters. The number of nitrogens with one attached hydrogen (secondary N) is 1. The van der Waals surface area contributed by atoms with Crippen molar-refractivity contribution >= 4 is 16.0 Å². The minimum atomic E-state index is -3.97. The number of hydrogen-bond acceptors (Lipinski definition) is 5.